The summed E-state index contributed by atoms with van der Waals surface area (Å²) in [5.74, 6) is 0.779. The monoisotopic (exact) mass is 366 g/mol. The lowest BCUT2D eigenvalue weighted by Crippen LogP contribution is -2.62. The average Bonchev–Trinajstić information content (AvgIpc) is 2.78. The van der Waals surface area contributed by atoms with Crippen LogP contribution in [0.5, 0.6) is 0 Å². The molecule has 0 radical (unpaired) electrons. The van der Waals surface area contributed by atoms with Gasteiger partial charge in [-0.15, -0.1) is 0 Å². The minimum absolute atomic E-state index is 0.0458. The van der Waals surface area contributed by atoms with Crippen molar-refractivity contribution in [3.05, 3.63) is 0 Å². The lowest BCUT2D eigenvalue weighted by molar-refractivity contribution is -0.207. The van der Waals surface area contributed by atoms with Crippen LogP contribution >= 0.6 is 0 Å². The Morgan fingerprint density at radius 2 is 1.77 bits per heavy atom. The molecule has 0 amide bonds. The number of aliphatic hydroxyl groups is 4. The summed E-state index contributed by atoms with van der Waals surface area (Å²) in [5, 5.41) is 42.3. The van der Waals surface area contributed by atoms with E-state index in [1.165, 1.54) is 0 Å². The van der Waals surface area contributed by atoms with Crippen molar-refractivity contribution < 1.29 is 25.2 Å². The second kappa shape index (κ2) is 5.76. The number of fused-ring (bicyclic) bond motifs is 5. The van der Waals surface area contributed by atoms with Crippen molar-refractivity contribution in [1.82, 2.24) is 0 Å². The minimum atomic E-state index is -1.51. The fourth-order valence-corrected chi connectivity index (χ4v) is 7.83. The van der Waals surface area contributed by atoms with Gasteiger partial charge in [-0.1, -0.05) is 13.8 Å². The normalized spacial score (nSPS) is 57.9. The Morgan fingerprint density at radius 3 is 2.42 bits per heavy atom. The predicted octanol–water partition coefficient (Wildman–Crippen LogP) is 1.65. The first kappa shape index (κ1) is 18.9. The van der Waals surface area contributed by atoms with Gasteiger partial charge in [0.05, 0.1) is 18.3 Å². The number of aliphatic hydroxyl groups excluding tert-OH is 3. The molecule has 0 aliphatic heterocycles. The maximum atomic E-state index is 13.0. The molecule has 0 aromatic heterocycles. The summed E-state index contributed by atoms with van der Waals surface area (Å²) in [6.07, 6.45) is 2.50. The molecular weight excluding hydrogens is 332 g/mol. The molecule has 10 atom stereocenters. The first-order chi connectivity index (χ1) is 12.1. The zero-order chi connectivity index (χ0) is 19.1. The molecule has 4 aliphatic carbocycles. The van der Waals surface area contributed by atoms with Gasteiger partial charge in [-0.25, -0.2) is 0 Å². The van der Waals surface area contributed by atoms with E-state index in [0.717, 1.165) is 25.7 Å². The average molecular weight is 366 g/mol. The standard InChI is InChI=1S/C21H34O5/c1-11(22)21(26)18(25)10-15-13-9-17(24)16-8-12(23)4-6-19(16,2)14(13)5-7-20(15,21)3/h11-16,18,22-23,25-26H,4-10H2,1-3H3. The Morgan fingerprint density at radius 1 is 1.08 bits per heavy atom. The van der Waals surface area contributed by atoms with E-state index >= 15 is 0 Å². The van der Waals surface area contributed by atoms with Crippen LogP contribution in [-0.2, 0) is 4.79 Å². The highest BCUT2D eigenvalue weighted by atomic mass is 16.4. The summed E-state index contributed by atoms with van der Waals surface area (Å²) in [7, 11) is 0. The van der Waals surface area contributed by atoms with Gasteiger partial charge in [0, 0.05) is 17.8 Å². The third-order valence-electron chi connectivity index (χ3n) is 9.36. The molecule has 4 aliphatic rings. The summed E-state index contributed by atoms with van der Waals surface area (Å²) in [6, 6.07) is 0. The Bertz CT molecular complexity index is 605. The number of rotatable bonds is 1. The van der Waals surface area contributed by atoms with Crippen LogP contribution in [-0.4, -0.2) is 50.1 Å². The van der Waals surface area contributed by atoms with Gasteiger partial charge in [-0.05, 0) is 68.6 Å². The fraction of sp³-hybridized carbons (Fsp3) is 0.952. The molecule has 0 bridgehead atoms. The zero-order valence-electron chi connectivity index (χ0n) is 16.2. The number of ketones is 1. The number of Topliss-reactive ketones (excluding diaryl/α,β-unsaturated/α-hetero) is 1. The molecule has 0 aromatic rings. The molecule has 148 valence electrons. The highest BCUT2D eigenvalue weighted by molar-refractivity contribution is 5.83. The molecule has 0 heterocycles. The molecule has 4 saturated carbocycles. The van der Waals surface area contributed by atoms with Crippen molar-refractivity contribution in [3.8, 4) is 0 Å². The van der Waals surface area contributed by atoms with Crippen molar-refractivity contribution >= 4 is 5.78 Å². The number of carbonyl (C=O) groups excluding carboxylic acids is 1. The molecule has 10 unspecified atom stereocenters. The highest BCUT2D eigenvalue weighted by Gasteiger charge is 2.69. The van der Waals surface area contributed by atoms with Gasteiger partial charge in [0.1, 0.15) is 11.4 Å². The van der Waals surface area contributed by atoms with E-state index in [1.54, 1.807) is 6.92 Å². The molecule has 5 heteroatoms. The van der Waals surface area contributed by atoms with Crippen LogP contribution in [0.3, 0.4) is 0 Å². The van der Waals surface area contributed by atoms with Crippen LogP contribution in [0.25, 0.3) is 0 Å². The van der Waals surface area contributed by atoms with Crippen molar-refractivity contribution in [2.75, 3.05) is 0 Å². The van der Waals surface area contributed by atoms with Gasteiger partial charge in [-0.3, -0.25) is 4.79 Å². The first-order valence-electron chi connectivity index (χ1n) is 10.3. The van der Waals surface area contributed by atoms with Crippen LogP contribution in [0.15, 0.2) is 0 Å². The van der Waals surface area contributed by atoms with Crippen molar-refractivity contribution in [1.29, 1.82) is 0 Å². The summed E-state index contributed by atoms with van der Waals surface area (Å²) < 4.78 is 0. The van der Waals surface area contributed by atoms with Crippen LogP contribution in [0.2, 0.25) is 0 Å². The quantitative estimate of drug-likeness (QED) is 0.566. The van der Waals surface area contributed by atoms with E-state index in [2.05, 4.69) is 6.92 Å². The largest absolute Gasteiger partial charge is 0.393 e. The van der Waals surface area contributed by atoms with Gasteiger partial charge in [0.2, 0.25) is 0 Å². The Kier molecular flexibility index (Phi) is 4.17. The van der Waals surface area contributed by atoms with Gasteiger partial charge in [0.25, 0.3) is 0 Å². The third-order valence-corrected chi connectivity index (χ3v) is 9.36. The van der Waals surface area contributed by atoms with Gasteiger partial charge < -0.3 is 20.4 Å². The van der Waals surface area contributed by atoms with Gasteiger partial charge in [0.15, 0.2) is 0 Å². The number of hydrogen-bond donors (Lipinski definition) is 4. The van der Waals surface area contributed by atoms with Gasteiger partial charge >= 0.3 is 0 Å². The molecule has 4 rings (SSSR count). The summed E-state index contributed by atoms with van der Waals surface area (Å²) in [5.41, 5.74) is -2.16. The fourth-order valence-electron chi connectivity index (χ4n) is 7.83. The van der Waals surface area contributed by atoms with Crippen molar-refractivity contribution in [2.45, 2.75) is 89.6 Å². The highest BCUT2D eigenvalue weighted by Crippen LogP contribution is 2.68. The molecule has 0 saturated heterocycles. The molecule has 4 N–H and O–H groups in total. The maximum absolute atomic E-state index is 13.0. The van der Waals surface area contributed by atoms with Crippen LogP contribution in [0.1, 0.15) is 65.7 Å². The summed E-state index contributed by atoms with van der Waals surface area (Å²) in [6.45, 7) is 5.79. The molecule has 0 aromatic carbocycles. The van der Waals surface area contributed by atoms with E-state index in [1.807, 2.05) is 6.92 Å². The number of carbonyl (C=O) groups is 1. The third kappa shape index (κ3) is 2.15. The Balaban J connectivity index is 1.71. The van der Waals surface area contributed by atoms with Crippen LogP contribution < -0.4 is 0 Å². The zero-order valence-corrected chi connectivity index (χ0v) is 16.2. The molecule has 5 nitrogen and oxygen atoms in total. The maximum Gasteiger partial charge on any atom is 0.136 e. The summed E-state index contributed by atoms with van der Waals surface area (Å²) >= 11 is 0. The number of hydrogen-bond acceptors (Lipinski definition) is 5. The van der Waals surface area contributed by atoms with E-state index in [-0.39, 0.29) is 35.1 Å². The van der Waals surface area contributed by atoms with Crippen molar-refractivity contribution in [3.63, 3.8) is 0 Å². The lowest BCUT2D eigenvalue weighted by atomic mass is 9.44. The van der Waals surface area contributed by atoms with Crippen molar-refractivity contribution in [2.24, 2.45) is 34.5 Å². The van der Waals surface area contributed by atoms with Gasteiger partial charge in [-0.2, -0.15) is 0 Å². The van der Waals surface area contributed by atoms with Crippen LogP contribution in [0.4, 0.5) is 0 Å². The molecular formula is C21H34O5. The Labute approximate surface area is 155 Å². The second-order valence-corrected chi connectivity index (χ2v) is 10.2. The molecule has 0 spiro atoms. The van der Waals surface area contributed by atoms with E-state index in [0.29, 0.717) is 25.2 Å². The minimum Gasteiger partial charge on any atom is -0.393 e. The SMILES string of the molecule is CC(O)C1(O)C(O)CC2C3CC(=O)C4CC(O)CCC4(C)C3CCC21C. The Hall–Kier alpha value is -0.490. The topological polar surface area (TPSA) is 98.0 Å². The molecule has 26 heavy (non-hydrogen) atoms. The predicted molar refractivity (Wildman–Crippen MR) is 96.1 cm³/mol. The van der Waals surface area contributed by atoms with Crippen LogP contribution in [0, 0.1) is 34.5 Å². The first-order valence-corrected chi connectivity index (χ1v) is 10.3. The van der Waals surface area contributed by atoms with E-state index in [9.17, 15) is 25.2 Å². The molecule has 4 fully saturated rings. The smallest absolute Gasteiger partial charge is 0.136 e. The lowest BCUT2D eigenvalue weighted by Gasteiger charge is -2.61. The second-order valence-electron chi connectivity index (χ2n) is 10.2. The summed E-state index contributed by atoms with van der Waals surface area (Å²) in [4.78, 5) is 13.0. The van der Waals surface area contributed by atoms with E-state index < -0.39 is 23.2 Å². The van der Waals surface area contributed by atoms with E-state index in [4.69, 9.17) is 0 Å².